The maximum atomic E-state index is 13.4. The minimum Gasteiger partial charge on any atom is -0.493 e. The van der Waals surface area contributed by atoms with E-state index >= 15 is 0 Å². The zero-order valence-corrected chi connectivity index (χ0v) is 21.8. The van der Waals surface area contributed by atoms with Gasteiger partial charge in [-0.25, -0.2) is 9.69 Å². The zero-order valence-electron chi connectivity index (χ0n) is 20.1. The standard InChI is InChI=1S/C24H25N3O8S2/c1-14-10-19-23(29)26(18-12-21(34-3)20(33-2)11-17(18)22(28)25(19)13-14)24(30)35-8-9-36-37-16-6-4-15(5-7-16)27(31)32/h4-7,11-12,19,23,29H,1,8-10,13H2,2-3H3/t19-,23-/m0/s1. The highest BCUT2D eigenvalue weighted by Gasteiger charge is 2.46. The molecule has 196 valence electrons. The van der Waals surface area contributed by atoms with E-state index in [0.29, 0.717) is 23.7 Å². The van der Waals surface area contributed by atoms with Crippen LogP contribution in [0.3, 0.4) is 0 Å². The summed E-state index contributed by atoms with van der Waals surface area (Å²) >= 11 is 0. The maximum absolute atomic E-state index is 13.4. The second kappa shape index (κ2) is 11.3. The Morgan fingerprint density at radius 3 is 2.54 bits per heavy atom. The van der Waals surface area contributed by atoms with Crippen molar-refractivity contribution in [1.29, 1.82) is 0 Å². The Hall–Kier alpha value is -3.42. The first-order valence-electron chi connectivity index (χ1n) is 11.2. The lowest BCUT2D eigenvalue weighted by Crippen LogP contribution is -2.51. The van der Waals surface area contributed by atoms with Gasteiger partial charge < -0.3 is 24.2 Å². The van der Waals surface area contributed by atoms with Crippen LogP contribution >= 0.6 is 21.6 Å². The van der Waals surface area contributed by atoms with Crippen molar-refractivity contribution < 1.29 is 33.8 Å². The summed E-state index contributed by atoms with van der Waals surface area (Å²) in [4.78, 5) is 40.3. The lowest BCUT2D eigenvalue weighted by molar-refractivity contribution is -0.384. The van der Waals surface area contributed by atoms with Gasteiger partial charge in [0.05, 0.1) is 36.4 Å². The van der Waals surface area contributed by atoms with Crippen LogP contribution in [0.15, 0.2) is 53.4 Å². The number of carbonyl (C=O) groups excluding carboxylic acids is 2. The van der Waals surface area contributed by atoms with Crippen molar-refractivity contribution in [3.8, 4) is 11.5 Å². The molecule has 4 rings (SSSR count). The summed E-state index contributed by atoms with van der Waals surface area (Å²) in [5.74, 6) is 0.666. The number of nitro benzene ring substituents is 1. The molecule has 0 radical (unpaired) electrons. The lowest BCUT2D eigenvalue weighted by atomic mass is 10.1. The molecule has 0 unspecified atom stereocenters. The van der Waals surface area contributed by atoms with Crippen molar-refractivity contribution in [3.05, 3.63) is 64.2 Å². The Bertz CT molecular complexity index is 1220. The quantitative estimate of drug-likeness (QED) is 0.169. The summed E-state index contributed by atoms with van der Waals surface area (Å²) in [5, 5.41) is 22.0. The van der Waals surface area contributed by atoms with E-state index in [-0.39, 0.29) is 36.0 Å². The van der Waals surface area contributed by atoms with Crippen LogP contribution in [0.2, 0.25) is 0 Å². The molecule has 1 fully saturated rings. The molecule has 2 aromatic carbocycles. The molecule has 0 saturated carbocycles. The van der Waals surface area contributed by atoms with Gasteiger partial charge in [-0.05, 0) is 24.6 Å². The van der Waals surface area contributed by atoms with Gasteiger partial charge in [-0.2, -0.15) is 0 Å². The number of non-ortho nitro benzene ring substituents is 1. The predicted octanol–water partition coefficient (Wildman–Crippen LogP) is 4.10. The van der Waals surface area contributed by atoms with Crippen LogP contribution in [0.1, 0.15) is 16.8 Å². The zero-order chi connectivity index (χ0) is 26.7. The van der Waals surface area contributed by atoms with Crippen molar-refractivity contribution in [1.82, 2.24) is 4.90 Å². The normalized spacial score (nSPS) is 18.7. The van der Waals surface area contributed by atoms with Crippen LogP contribution in [0.25, 0.3) is 0 Å². The van der Waals surface area contributed by atoms with Gasteiger partial charge in [0.15, 0.2) is 17.7 Å². The molecule has 0 bridgehead atoms. The van der Waals surface area contributed by atoms with Gasteiger partial charge in [0, 0.05) is 35.4 Å². The fraction of sp³-hybridized carbons (Fsp3) is 0.333. The summed E-state index contributed by atoms with van der Waals surface area (Å²) in [5.41, 5.74) is 1.12. The second-order valence-electron chi connectivity index (χ2n) is 8.23. The summed E-state index contributed by atoms with van der Waals surface area (Å²) in [7, 11) is 5.67. The number of hydrogen-bond donors (Lipinski definition) is 1. The number of fused-ring (bicyclic) bond motifs is 2. The number of aliphatic hydroxyl groups is 1. The highest BCUT2D eigenvalue weighted by molar-refractivity contribution is 8.76. The fourth-order valence-electron chi connectivity index (χ4n) is 4.20. The third kappa shape index (κ3) is 5.48. The van der Waals surface area contributed by atoms with Gasteiger partial charge in [-0.15, -0.1) is 0 Å². The number of rotatable bonds is 8. The van der Waals surface area contributed by atoms with Gasteiger partial charge in [0.25, 0.3) is 11.6 Å². The van der Waals surface area contributed by atoms with E-state index in [1.165, 1.54) is 65.0 Å². The first-order chi connectivity index (χ1) is 17.7. The van der Waals surface area contributed by atoms with Crippen LogP contribution in [0, 0.1) is 10.1 Å². The monoisotopic (exact) mass is 547 g/mol. The fourth-order valence-corrected chi connectivity index (χ4v) is 6.01. The van der Waals surface area contributed by atoms with E-state index in [1.54, 1.807) is 12.1 Å². The first-order valence-corrected chi connectivity index (χ1v) is 13.5. The molecule has 0 aliphatic carbocycles. The number of nitrogens with zero attached hydrogens (tertiary/aromatic N) is 3. The number of benzene rings is 2. The Morgan fingerprint density at radius 2 is 1.89 bits per heavy atom. The van der Waals surface area contributed by atoms with Crippen molar-refractivity contribution in [2.24, 2.45) is 0 Å². The Morgan fingerprint density at radius 1 is 1.22 bits per heavy atom. The van der Waals surface area contributed by atoms with Crippen LogP contribution in [-0.2, 0) is 4.74 Å². The number of amides is 2. The molecule has 1 saturated heterocycles. The summed E-state index contributed by atoms with van der Waals surface area (Å²) in [6.45, 7) is 4.25. The molecule has 0 aromatic heterocycles. The van der Waals surface area contributed by atoms with Crippen molar-refractivity contribution in [3.63, 3.8) is 0 Å². The molecular weight excluding hydrogens is 522 g/mol. The second-order valence-corrected chi connectivity index (χ2v) is 10.7. The molecule has 2 heterocycles. The van der Waals surface area contributed by atoms with E-state index < -0.39 is 23.3 Å². The molecule has 37 heavy (non-hydrogen) atoms. The van der Waals surface area contributed by atoms with Gasteiger partial charge in [-0.1, -0.05) is 33.7 Å². The predicted molar refractivity (Wildman–Crippen MR) is 139 cm³/mol. The average Bonchev–Trinajstić information content (AvgIpc) is 3.26. The third-order valence-corrected chi connectivity index (χ3v) is 8.29. The molecule has 11 nitrogen and oxygen atoms in total. The molecule has 2 amide bonds. The molecule has 2 atom stereocenters. The van der Waals surface area contributed by atoms with Crippen molar-refractivity contribution >= 4 is 45.0 Å². The number of anilines is 1. The highest BCUT2D eigenvalue weighted by Crippen LogP contribution is 2.41. The molecule has 13 heteroatoms. The van der Waals surface area contributed by atoms with E-state index in [0.717, 1.165) is 15.4 Å². The number of ether oxygens (including phenoxy) is 3. The van der Waals surface area contributed by atoms with Crippen LogP contribution in [0.4, 0.5) is 16.2 Å². The molecule has 2 aliphatic rings. The largest absolute Gasteiger partial charge is 0.493 e. The number of aliphatic hydroxyl groups excluding tert-OH is 1. The smallest absolute Gasteiger partial charge is 0.416 e. The van der Waals surface area contributed by atoms with Gasteiger partial charge in [0.1, 0.15) is 6.61 Å². The molecular formula is C24H25N3O8S2. The van der Waals surface area contributed by atoms with Crippen LogP contribution in [0.5, 0.6) is 11.5 Å². The van der Waals surface area contributed by atoms with Crippen molar-refractivity contribution in [2.75, 3.05) is 38.0 Å². The maximum Gasteiger partial charge on any atom is 0.416 e. The topological polar surface area (TPSA) is 132 Å². The Labute approximate surface area is 220 Å². The highest BCUT2D eigenvalue weighted by atomic mass is 33.1. The van der Waals surface area contributed by atoms with Crippen molar-refractivity contribution in [2.45, 2.75) is 23.6 Å². The van der Waals surface area contributed by atoms with E-state index in [2.05, 4.69) is 6.58 Å². The lowest BCUT2D eigenvalue weighted by Gasteiger charge is -2.31. The summed E-state index contributed by atoms with van der Waals surface area (Å²) in [6.07, 6.45) is -1.83. The third-order valence-electron chi connectivity index (χ3n) is 5.95. The minimum atomic E-state index is -1.36. The van der Waals surface area contributed by atoms with Gasteiger partial charge in [0.2, 0.25) is 0 Å². The number of methoxy groups -OCH3 is 2. The van der Waals surface area contributed by atoms with Crippen LogP contribution < -0.4 is 14.4 Å². The van der Waals surface area contributed by atoms with Gasteiger partial charge >= 0.3 is 6.09 Å². The molecule has 1 N–H and O–H groups in total. The Balaban J connectivity index is 1.49. The molecule has 0 spiro atoms. The number of carbonyl (C=O) groups is 2. The molecule has 2 aliphatic heterocycles. The number of hydrogen-bond acceptors (Lipinski definition) is 10. The van der Waals surface area contributed by atoms with Gasteiger partial charge in [-0.3, -0.25) is 14.9 Å². The first kappa shape index (κ1) is 26.6. The van der Waals surface area contributed by atoms with E-state index in [4.69, 9.17) is 14.2 Å². The SMILES string of the molecule is C=C1C[C@H]2[C@H](O)N(C(=O)OCCSSc3ccc([N+](=O)[O-])cc3)c3cc(OC)c(OC)cc3C(=O)N2C1. The summed E-state index contributed by atoms with van der Waals surface area (Å²) in [6, 6.07) is 8.43. The van der Waals surface area contributed by atoms with Crippen LogP contribution in [-0.4, -0.2) is 72.3 Å². The van der Waals surface area contributed by atoms with E-state index in [1.807, 2.05) is 0 Å². The Kier molecular flexibility index (Phi) is 8.15. The summed E-state index contributed by atoms with van der Waals surface area (Å²) < 4.78 is 16.2. The van der Waals surface area contributed by atoms with E-state index in [9.17, 15) is 24.8 Å². The number of nitro groups is 1. The average molecular weight is 548 g/mol. The molecule has 2 aromatic rings. The minimum absolute atomic E-state index is 0.0108.